The minimum absolute atomic E-state index is 0.00472. The molecule has 6 heteroatoms. The van der Waals surface area contributed by atoms with E-state index in [0.29, 0.717) is 5.02 Å². The Hall–Kier alpha value is -1.04. The summed E-state index contributed by atoms with van der Waals surface area (Å²) in [5.41, 5.74) is 0.974. The van der Waals surface area contributed by atoms with Crippen molar-refractivity contribution in [3.8, 4) is 5.75 Å². The largest absolute Gasteiger partial charge is 0.496 e. The van der Waals surface area contributed by atoms with Gasteiger partial charge in [0, 0.05) is 6.54 Å². The van der Waals surface area contributed by atoms with Crippen LogP contribution in [0, 0.1) is 0 Å². The summed E-state index contributed by atoms with van der Waals surface area (Å²) in [7, 11) is 3.59. The van der Waals surface area contributed by atoms with Crippen LogP contribution in [0.2, 0.25) is 5.02 Å². The van der Waals surface area contributed by atoms with E-state index >= 15 is 0 Å². The van der Waals surface area contributed by atoms with Crippen molar-refractivity contribution in [1.82, 2.24) is 15.1 Å². The van der Waals surface area contributed by atoms with Crippen molar-refractivity contribution in [1.29, 1.82) is 0 Å². The first-order valence-corrected chi connectivity index (χ1v) is 6.98. The van der Waals surface area contributed by atoms with Crippen LogP contribution in [-0.2, 0) is 6.54 Å². The van der Waals surface area contributed by atoms with Crippen molar-refractivity contribution >= 4 is 22.9 Å². The summed E-state index contributed by atoms with van der Waals surface area (Å²) < 4.78 is 7.28. The number of halogens is 1. The molecule has 0 aliphatic rings. The molecule has 1 atom stereocenters. The summed E-state index contributed by atoms with van der Waals surface area (Å²) >= 11 is 7.90. The Balaban J connectivity index is 2.48. The number of ether oxygens (including phenoxy) is 1. The van der Waals surface area contributed by atoms with Crippen LogP contribution >= 0.6 is 22.9 Å². The van der Waals surface area contributed by atoms with Gasteiger partial charge in [-0.15, -0.1) is 11.3 Å². The molecule has 0 saturated carbocycles. The number of hydrogen-bond acceptors (Lipinski definition) is 4. The SMILES string of the molecule is CCn1ncc(Cl)c1C(NC)c1sccc1OC. The van der Waals surface area contributed by atoms with Gasteiger partial charge in [-0.25, -0.2) is 0 Å². The topological polar surface area (TPSA) is 39.1 Å². The van der Waals surface area contributed by atoms with E-state index in [1.807, 2.05) is 30.1 Å². The van der Waals surface area contributed by atoms with Gasteiger partial charge >= 0.3 is 0 Å². The number of aromatic nitrogens is 2. The minimum Gasteiger partial charge on any atom is -0.496 e. The van der Waals surface area contributed by atoms with Crippen LogP contribution in [0.15, 0.2) is 17.6 Å². The quantitative estimate of drug-likeness (QED) is 0.918. The van der Waals surface area contributed by atoms with Crippen LogP contribution < -0.4 is 10.1 Å². The predicted octanol–water partition coefficient (Wildman–Crippen LogP) is 2.94. The highest BCUT2D eigenvalue weighted by Crippen LogP contribution is 2.36. The Morgan fingerprint density at radius 1 is 1.61 bits per heavy atom. The van der Waals surface area contributed by atoms with Crippen LogP contribution in [0.25, 0.3) is 0 Å². The number of nitrogens with one attached hydrogen (secondary N) is 1. The van der Waals surface area contributed by atoms with Crippen molar-refractivity contribution in [3.63, 3.8) is 0 Å². The highest BCUT2D eigenvalue weighted by atomic mass is 35.5. The summed E-state index contributed by atoms with van der Waals surface area (Å²) in [5, 5.41) is 10.2. The van der Waals surface area contributed by atoms with E-state index in [1.165, 1.54) is 0 Å². The zero-order valence-electron chi connectivity index (χ0n) is 10.6. The van der Waals surface area contributed by atoms with Gasteiger partial charge in [0.1, 0.15) is 5.75 Å². The minimum atomic E-state index is -0.00472. The molecule has 18 heavy (non-hydrogen) atoms. The fraction of sp³-hybridized carbons (Fsp3) is 0.417. The zero-order valence-corrected chi connectivity index (χ0v) is 12.2. The molecule has 2 aromatic heterocycles. The number of rotatable bonds is 5. The molecule has 1 unspecified atom stereocenters. The summed E-state index contributed by atoms with van der Waals surface area (Å²) in [5.74, 6) is 0.874. The van der Waals surface area contributed by atoms with Crippen molar-refractivity contribution in [2.24, 2.45) is 0 Å². The van der Waals surface area contributed by atoms with Gasteiger partial charge in [0.2, 0.25) is 0 Å². The molecule has 2 rings (SSSR count). The van der Waals surface area contributed by atoms with E-state index < -0.39 is 0 Å². The van der Waals surface area contributed by atoms with Crippen LogP contribution in [-0.4, -0.2) is 23.9 Å². The molecular formula is C12H16ClN3OS. The lowest BCUT2D eigenvalue weighted by Gasteiger charge is -2.18. The summed E-state index contributed by atoms with van der Waals surface area (Å²) in [6.07, 6.45) is 1.69. The van der Waals surface area contributed by atoms with Gasteiger partial charge in [0.15, 0.2) is 0 Å². The maximum atomic E-state index is 6.25. The fourth-order valence-electron chi connectivity index (χ4n) is 1.99. The zero-order chi connectivity index (χ0) is 13.1. The average Bonchev–Trinajstić information content (AvgIpc) is 2.98. The maximum absolute atomic E-state index is 6.25. The van der Waals surface area contributed by atoms with Crippen molar-refractivity contribution < 1.29 is 4.74 Å². The second kappa shape index (κ2) is 5.73. The molecule has 0 spiro atoms. The van der Waals surface area contributed by atoms with Crippen molar-refractivity contribution in [2.45, 2.75) is 19.5 Å². The first-order chi connectivity index (χ1) is 8.72. The molecule has 2 heterocycles. The van der Waals surface area contributed by atoms with Gasteiger partial charge < -0.3 is 10.1 Å². The Morgan fingerprint density at radius 3 is 3.00 bits per heavy atom. The highest BCUT2D eigenvalue weighted by Gasteiger charge is 2.24. The lowest BCUT2D eigenvalue weighted by Crippen LogP contribution is -2.21. The Labute approximate surface area is 116 Å². The van der Waals surface area contributed by atoms with Gasteiger partial charge in [0.05, 0.1) is 34.9 Å². The van der Waals surface area contributed by atoms with Crippen LogP contribution in [0.4, 0.5) is 0 Å². The maximum Gasteiger partial charge on any atom is 0.134 e. The molecule has 0 bridgehead atoms. The van der Waals surface area contributed by atoms with E-state index in [0.717, 1.165) is 22.9 Å². The van der Waals surface area contributed by atoms with E-state index in [2.05, 4.69) is 10.4 Å². The van der Waals surface area contributed by atoms with Crippen LogP contribution in [0.3, 0.4) is 0 Å². The Kier molecular flexibility index (Phi) is 4.27. The van der Waals surface area contributed by atoms with Gasteiger partial charge in [-0.1, -0.05) is 11.6 Å². The second-order valence-corrected chi connectivity index (χ2v) is 5.12. The van der Waals surface area contributed by atoms with E-state index in [9.17, 15) is 0 Å². The standard InChI is InChI=1S/C12H16ClN3OS/c1-4-16-11(8(13)7-15-16)10(14-2)12-9(17-3)5-6-18-12/h5-7,10,14H,4H2,1-3H3. The molecular weight excluding hydrogens is 270 g/mol. The van der Waals surface area contributed by atoms with Crippen molar-refractivity contribution in [2.75, 3.05) is 14.2 Å². The molecule has 2 aromatic rings. The molecule has 0 aromatic carbocycles. The number of thiophene rings is 1. The summed E-state index contributed by atoms with van der Waals surface area (Å²) in [4.78, 5) is 1.11. The van der Waals surface area contributed by atoms with Crippen molar-refractivity contribution in [3.05, 3.63) is 33.2 Å². The molecule has 1 N–H and O–H groups in total. The van der Waals surface area contributed by atoms with Gasteiger partial charge in [-0.2, -0.15) is 5.10 Å². The van der Waals surface area contributed by atoms with Crippen LogP contribution in [0.1, 0.15) is 23.5 Å². The normalized spacial score (nSPS) is 12.7. The lowest BCUT2D eigenvalue weighted by molar-refractivity contribution is 0.407. The van der Waals surface area contributed by atoms with E-state index in [4.69, 9.17) is 16.3 Å². The molecule has 98 valence electrons. The third kappa shape index (κ3) is 2.25. The predicted molar refractivity (Wildman–Crippen MR) is 74.7 cm³/mol. The second-order valence-electron chi connectivity index (χ2n) is 3.77. The molecule has 0 aliphatic carbocycles. The Morgan fingerprint density at radius 2 is 2.39 bits per heavy atom. The third-order valence-electron chi connectivity index (χ3n) is 2.83. The molecule has 0 saturated heterocycles. The fourth-order valence-corrected chi connectivity index (χ4v) is 3.21. The van der Waals surface area contributed by atoms with Gasteiger partial charge in [0.25, 0.3) is 0 Å². The molecule has 0 aliphatic heterocycles. The third-order valence-corrected chi connectivity index (χ3v) is 4.09. The molecule has 0 radical (unpaired) electrons. The van der Waals surface area contributed by atoms with Gasteiger partial charge in [-0.3, -0.25) is 4.68 Å². The Bertz CT molecular complexity index is 523. The number of methoxy groups -OCH3 is 1. The summed E-state index contributed by atoms with van der Waals surface area (Å²) in [6.45, 7) is 2.83. The first-order valence-electron chi connectivity index (χ1n) is 5.72. The molecule has 4 nitrogen and oxygen atoms in total. The van der Waals surface area contributed by atoms with E-state index in [-0.39, 0.29) is 6.04 Å². The summed E-state index contributed by atoms with van der Waals surface area (Å²) in [6, 6.07) is 1.96. The lowest BCUT2D eigenvalue weighted by atomic mass is 10.1. The van der Waals surface area contributed by atoms with Crippen LogP contribution in [0.5, 0.6) is 5.75 Å². The first kappa shape index (κ1) is 13.4. The average molecular weight is 286 g/mol. The molecule has 0 amide bonds. The van der Waals surface area contributed by atoms with E-state index in [1.54, 1.807) is 24.6 Å². The monoisotopic (exact) mass is 285 g/mol. The smallest absolute Gasteiger partial charge is 0.134 e. The molecule has 0 fully saturated rings. The number of aryl methyl sites for hydroxylation is 1. The highest BCUT2D eigenvalue weighted by molar-refractivity contribution is 7.10. The number of nitrogens with zero attached hydrogens (tertiary/aromatic N) is 2. The van der Waals surface area contributed by atoms with Gasteiger partial charge in [-0.05, 0) is 25.4 Å². The number of hydrogen-bond donors (Lipinski definition) is 1.